The third-order valence-corrected chi connectivity index (χ3v) is 13.6. The lowest BCUT2D eigenvalue weighted by atomic mass is 10.1. The van der Waals surface area contributed by atoms with Gasteiger partial charge in [-0.05, 0) is 75.3 Å². The van der Waals surface area contributed by atoms with Crippen LogP contribution in [-0.2, 0) is 26.2 Å². The second-order valence-corrected chi connectivity index (χ2v) is 17.9. The number of fused-ring (bicyclic) bond motifs is 3. The average molecular weight is 823 g/mol. The summed E-state index contributed by atoms with van der Waals surface area (Å²) in [5.41, 5.74) is 1.65. The Morgan fingerprint density at radius 2 is 1.75 bits per heavy atom. The highest BCUT2D eigenvalue weighted by molar-refractivity contribution is 7.91. The molecule has 3 fully saturated rings. The van der Waals surface area contributed by atoms with Gasteiger partial charge in [-0.25, -0.2) is 18.2 Å². The maximum Gasteiger partial charge on any atom is 0.321 e. The molecule has 14 nitrogen and oxygen atoms in total. The second-order valence-electron chi connectivity index (χ2n) is 15.9. The molecule has 1 saturated heterocycles. The number of hydrogen-bond acceptors (Lipinski definition) is 10. The highest BCUT2D eigenvalue weighted by Gasteiger charge is 2.62. The van der Waals surface area contributed by atoms with Gasteiger partial charge in [-0.15, -0.1) is 0 Å². The van der Waals surface area contributed by atoms with Crippen molar-refractivity contribution in [2.75, 3.05) is 27.3 Å². The SMILES string of the molecule is COc1ccc(CN2CCCCC/C=C\[C@@H]3C[C@@]3(C(=O)NS(=O)(=O)C3CC3)NC(=O)[C@@H]3C[C@@H](Oc4nc(-c5ccccc5)nc5c(C)c(OC)ccc45)CN3C2=O)cc1. The summed E-state index contributed by atoms with van der Waals surface area (Å²) in [5.74, 6) is 0.374. The topological polar surface area (TPSA) is 169 Å². The first-order valence-corrected chi connectivity index (χ1v) is 21.8. The number of rotatable bonds is 10. The molecule has 2 aliphatic heterocycles. The Kier molecular flexibility index (Phi) is 11.2. The molecule has 0 bridgehead atoms. The molecule has 4 atom stereocenters. The molecule has 0 unspecified atom stereocenters. The minimum atomic E-state index is -3.88. The summed E-state index contributed by atoms with van der Waals surface area (Å²) in [6.07, 6.45) is 7.73. The van der Waals surface area contributed by atoms with Crippen LogP contribution < -0.4 is 24.2 Å². The molecule has 310 valence electrons. The Labute approximate surface area is 344 Å². The monoisotopic (exact) mass is 822 g/mol. The van der Waals surface area contributed by atoms with Crippen LogP contribution in [0, 0.1) is 12.8 Å². The summed E-state index contributed by atoms with van der Waals surface area (Å²) in [6, 6.07) is 19.4. The van der Waals surface area contributed by atoms with Crippen LogP contribution >= 0.6 is 0 Å². The number of urea groups is 1. The molecular formula is C44H50N6O8S. The van der Waals surface area contributed by atoms with E-state index in [1.807, 2.05) is 85.8 Å². The van der Waals surface area contributed by atoms with Gasteiger partial charge in [0.25, 0.3) is 5.91 Å². The van der Waals surface area contributed by atoms with E-state index in [-0.39, 0.29) is 25.4 Å². The fourth-order valence-electron chi connectivity index (χ4n) is 8.16. The Morgan fingerprint density at radius 1 is 0.966 bits per heavy atom. The van der Waals surface area contributed by atoms with Crippen molar-refractivity contribution in [2.24, 2.45) is 5.92 Å². The number of methoxy groups -OCH3 is 2. The zero-order valence-corrected chi connectivity index (χ0v) is 34.4. The van der Waals surface area contributed by atoms with Gasteiger partial charge in [0, 0.05) is 36.6 Å². The molecule has 2 aliphatic carbocycles. The molecule has 0 spiro atoms. The van der Waals surface area contributed by atoms with E-state index in [0.29, 0.717) is 60.0 Å². The summed E-state index contributed by atoms with van der Waals surface area (Å²) in [5, 5.41) is 2.99. The highest BCUT2D eigenvalue weighted by atomic mass is 32.2. The third kappa shape index (κ3) is 8.43. The number of sulfonamides is 1. The molecule has 8 rings (SSSR count). The van der Waals surface area contributed by atoms with Gasteiger partial charge in [-0.1, -0.05) is 61.0 Å². The van der Waals surface area contributed by atoms with E-state index >= 15 is 0 Å². The van der Waals surface area contributed by atoms with E-state index in [0.717, 1.165) is 42.4 Å². The molecular weight excluding hydrogens is 773 g/mol. The van der Waals surface area contributed by atoms with Gasteiger partial charge in [-0.2, -0.15) is 4.98 Å². The first-order valence-electron chi connectivity index (χ1n) is 20.3. The summed E-state index contributed by atoms with van der Waals surface area (Å²) in [6.45, 7) is 2.72. The lowest BCUT2D eigenvalue weighted by Gasteiger charge is -2.32. The van der Waals surface area contributed by atoms with Crippen molar-refractivity contribution in [3.05, 3.63) is 90.0 Å². The van der Waals surface area contributed by atoms with Crippen molar-refractivity contribution in [3.63, 3.8) is 0 Å². The molecule has 15 heteroatoms. The predicted octanol–water partition coefficient (Wildman–Crippen LogP) is 5.68. The smallest absolute Gasteiger partial charge is 0.321 e. The van der Waals surface area contributed by atoms with Crippen molar-refractivity contribution < 1.29 is 37.0 Å². The van der Waals surface area contributed by atoms with Crippen LogP contribution in [0.25, 0.3) is 22.3 Å². The Hall–Kier alpha value is -5.70. The summed E-state index contributed by atoms with van der Waals surface area (Å²) in [4.78, 5) is 56.5. The molecule has 2 saturated carbocycles. The zero-order valence-electron chi connectivity index (χ0n) is 33.6. The number of aryl methyl sites for hydroxylation is 1. The van der Waals surface area contributed by atoms with Gasteiger partial charge in [0.15, 0.2) is 5.82 Å². The van der Waals surface area contributed by atoms with Crippen LogP contribution in [0.2, 0.25) is 0 Å². The van der Waals surface area contributed by atoms with Crippen molar-refractivity contribution in [2.45, 2.75) is 87.8 Å². The number of nitrogens with one attached hydrogen (secondary N) is 2. The van der Waals surface area contributed by atoms with Gasteiger partial charge in [0.05, 0.1) is 36.9 Å². The van der Waals surface area contributed by atoms with Gasteiger partial charge in [0.1, 0.15) is 29.2 Å². The minimum Gasteiger partial charge on any atom is -0.497 e. The van der Waals surface area contributed by atoms with Gasteiger partial charge < -0.3 is 29.3 Å². The van der Waals surface area contributed by atoms with E-state index in [1.54, 1.807) is 19.1 Å². The molecule has 0 radical (unpaired) electrons. The molecule has 4 amide bonds. The lowest BCUT2D eigenvalue weighted by Crippen LogP contribution is -2.57. The first-order chi connectivity index (χ1) is 28.5. The minimum absolute atomic E-state index is 0.0515. The number of benzene rings is 3. The first kappa shape index (κ1) is 40.1. The average Bonchev–Trinajstić information content (AvgIpc) is 4.17. The highest BCUT2D eigenvalue weighted by Crippen LogP contribution is 2.46. The second kappa shape index (κ2) is 16.5. The summed E-state index contributed by atoms with van der Waals surface area (Å²) < 4.78 is 45.9. The van der Waals surface area contributed by atoms with Crippen molar-refractivity contribution in [1.29, 1.82) is 0 Å². The van der Waals surface area contributed by atoms with Crippen molar-refractivity contribution in [1.82, 2.24) is 29.8 Å². The maximum atomic E-state index is 14.9. The van der Waals surface area contributed by atoms with E-state index in [4.69, 9.17) is 24.2 Å². The lowest BCUT2D eigenvalue weighted by molar-refractivity contribution is -0.131. The van der Waals surface area contributed by atoms with Crippen molar-refractivity contribution >= 4 is 38.8 Å². The number of ether oxygens (including phenoxy) is 3. The van der Waals surface area contributed by atoms with Crippen LogP contribution in [0.3, 0.4) is 0 Å². The van der Waals surface area contributed by atoms with Crippen LogP contribution in [0.15, 0.2) is 78.9 Å². The number of hydrogen-bond donors (Lipinski definition) is 2. The molecule has 4 aliphatic rings. The van der Waals surface area contributed by atoms with Gasteiger partial charge in [-0.3, -0.25) is 14.3 Å². The Bertz CT molecular complexity index is 2370. The fourth-order valence-corrected chi connectivity index (χ4v) is 9.52. The largest absolute Gasteiger partial charge is 0.497 e. The number of aromatic nitrogens is 2. The van der Waals surface area contributed by atoms with Crippen LogP contribution in [0.1, 0.15) is 62.5 Å². The van der Waals surface area contributed by atoms with E-state index in [9.17, 15) is 22.8 Å². The standard InChI is InChI=1S/C44H50N6O8S/c1-28-37(57-3)22-21-35-38(28)45-39(30-12-8-7-9-13-30)46-41(35)58-33-24-36-40(51)47-44(42(52)48-59(54,55)34-19-20-34)25-31(44)14-10-5-4-6-11-23-49(43(53)50(36)27-33)26-29-15-17-32(56-2)18-16-29/h7-10,12-18,21-22,31,33-34,36H,4-6,11,19-20,23-27H2,1-3H3,(H,47,51)(H,48,52)/b14-10-/t31-,33-,36+,44-/m1/s1. The zero-order chi connectivity index (χ0) is 41.3. The van der Waals surface area contributed by atoms with Crippen LogP contribution in [0.4, 0.5) is 4.79 Å². The number of carbonyl (C=O) groups excluding carboxylic acids is 3. The molecule has 4 aromatic rings. The van der Waals surface area contributed by atoms with Gasteiger partial charge in [0.2, 0.25) is 21.8 Å². The Balaban J connectivity index is 1.15. The molecule has 3 aromatic carbocycles. The van der Waals surface area contributed by atoms with Crippen LogP contribution in [0.5, 0.6) is 17.4 Å². The maximum absolute atomic E-state index is 14.9. The quantitative estimate of drug-likeness (QED) is 0.190. The summed E-state index contributed by atoms with van der Waals surface area (Å²) >= 11 is 0. The fraction of sp³-hybridized carbons (Fsp3) is 0.432. The summed E-state index contributed by atoms with van der Waals surface area (Å²) in [7, 11) is -0.684. The van der Waals surface area contributed by atoms with E-state index in [1.165, 1.54) is 4.90 Å². The van der Waals surface area contributed by atoms with Crippen molar-refractivity contribution in [3.8, 4) is 28.8 Å². The predicted molar refractivity (Wildman–Crippen MR) is 221 cm³/mol. The molecule has 59 heavy (non-hydrogen) atoms. The van der Waals surface area contributed by atoms with Crippen LogP contribution in [-0.4, -0.2) is 96.3 Å². The van der Waals surface area contributed by atoms with E-state index < -0.39 is 50.7 Å². The molecule has 1 aromatic heterocycles. The number of allylic oxidation sites excluding steroid dienone is 1. The normalized spacial score (nSPS) is 24.2. The molecule has 2 N–H and O–H groups in total. The number of carbonyl (C=O) groups is 3. The van der Waals surface area contributed by atoms with Gasteiger partial charge >= 0.3 is 6.03 Å². The third-order valence-electron chi connectivity index (χ3n) is 11.8. The Morgan fingerprint density at radius 3 is 2.47 bits per heavy atom. The number of nitrogens with zero attached hydrogens (tertiary/aromatic N) is 4. The van der Waals surface area contributed by atoms with E-state index in [2.05, 4.69) is 10.0 Å². The molecule has 3 heterocycles. The number of amides is 4.